The van der Waals surface area contributed by atoms with E-state index in [1.54, 1.807) is 36.5 Å². The highest BCUT2D eigenvalue weighted by Gasteiger charge is 2.24. The number of carbonyl (C=O) groups excluding carboxylic acids is 4. The molecule has 0 saturated carbocycles. The van der Waals surface area contributed by atoms with Gasteiger partial charge in [-0.15, -0.1) is 0 Å². The van der Waals surface area contributed by atoms with Crippen molar-refractivity contribution in [2.24, 2.45) is 10.7 Å². The molecular formula is C37H39F4N5O6. The van der Waals surface area contributed by atoms with Gasteiger partial charge >= 0.3 is 5.97 Å². The SMILES string of the molecule is CCCN(CCC)C(=O)C1=Cc2ccc(C(=O)Nc3cncc(CCC(=O)CCOCCC(=O)Oc4c(F)c(F)cc(F)c4F)c3)cc2N=C(N)C1. The summed E-state index contributed by atoms with van der Waals surface area (Å²) in [7, 11) is 0. The quantitative estimate of drug-likeness (QED) is 0.0547. The summed E-state index contributed by atoms with van der Waals surface area (Å²) < 4.78 is 63.5. The molecule has 2 amide bonds. The number of nitrogens with two attached hydrogens (primary N) is 1. The highest BCUT2D eigenvalue weighted by atomic mass is 19.2. The molecule has 0 unspecified atom stereocenters. The van der Waals surface area contributed by atoms with Gasteiger partial charge in [-0.1, -0.05) is 19.9 Å². The van der Waals surface area contributed by atoms with Crippen LogP contribution in [-0.2, 0) is 25.5 Å². The number of rotatable bonds is 17. The predicted molar refractivity (Wildman–Crippen MR) is 185 cm³/mol. The van der Waals surface area contributed by atoms with Crippen LogP contribution in [0.25, 0.3) is 6.08 Å². The Balaban J connectivity index is 1.25. The minimum absolute atomic E-state index is 0.00314. The molecule has 15 heteroatoms. The van der Waals surface area contributed by atoms with Crippen LogP contribution < -0.4 is 15.8 Å². The van der Waals surface area contributed by atoms with Gasteiger partial charge in [0.25, 0.3) is 5.91 Å². The average Bonchev–Trinajstić information content (AvgIpc) is 3.28. The molecule has 0 aliphatic carbocycles. The first-order chi connectivity index (χ1) is 24.9. The number of ether oxygens (including phenoxy) is 2. The number of amidine groups is 1. The number of aliphatic imine (C=N–C) groups is 1. The number of esters is 1. The molecule has 52 heavy (non-hydrogen) atoms. The number of benzene rings is 2. The van der Waals surface area contributed by atoms with E-state index in [1.807, 2.05) is 18.7 Å². The first kappa shape index (κ1) is 39.3. The molecule has 276 valence electrons. The van der Waals surface area contributed by atoms with E-state index in [9.17, 15) is 36.7 Å². The average molecular weight is 726 g/mol. The fourth-order valence-corrected chi connectivity index (χ4v) is 5.28. The number of ketones is 1. The molecule has 0 fully saturated rings. The molecule has 0 radical (unpaired) electrons. The summed E-state index contributed by atoms with van der Waals surface area (Å²) >= 11 is 0. The fourth-order valence-electron chi connectivity index (χ4n) is 5.28. The molecule has 1 aliphatic heterocycles. The first-order valence-corrected chi connectivity index (χ1v) is 16.7. The monoisotopic (exact) mass is 725 g/mol. The Labute approximate surface area is 297 Å². The number of hydrogen-bond donors (Lipinski definition) is 2. The lowest BCUT2D eigenvalue weighted by Crippen LogP contribution is -2.34. The van der Waals surface area contributed by atoms with Crippen LogP contribution in [0.2, 0.25) is 0 Å². The van der Waals surface area contributed by atoms with Crippen LogP contribution in [0, 0.1) is 23.3 Å². The largest absolute Gasteiger partial charge is 0.420 e. The molecule has 3 N–H and O–H groups in total. The molecule has 4 rings (SSSR count). The zero-order valence-corrected chi connectivity index (χ0v) is 28.8. The number of pyridine rings is 1. The van der Waals surface area contributed by atoms with Gasteiger partial charge in [-0.2, -0.15) is 8.78 Å². The molecule has 0 atom stereocenters. The van der Waals surface area contributed by atoms with E-state index in [1.165, 1.54) is 6.20 Å². The van der Waals surface area contributed by atoms with Crippen LogP contribution in [0.3, 0.4) is 0 Å². The summed E-state index contributed by atoms with van der Waals surface area (Å²) in [6.07, 6.45) is 6.62. The number of anilines is 1. The Morgan fingerprint density at radius 3 is 2.29 bits per heavy atom. The van der Waals surface area contributed by atoms with Crippen molar-refractivity contribution in [3.8, 4) is 5.75 Å². The van der Waals surface area contributed by atoms with Crippen LogP contribution in [0.4, 0.5) is 28.9 Å². The van der Waals surface area contributed by atoms with Gasteiger partial charge in [0, 0.05) is 61.3 Å². The Bertz CT molecular complexity index is 1850. The summed E-state index contributed by atoms with van der Waals surface area (Å²) in [5.41, 5.74) is 9.24. The maximum Gasteiger partial charge on any atom is 0.313 e. The van der Waals surface area contributed by atoms with Crippen LogP contribution in [0.1, 0.15) is 73.9 Å². The number of fused-ring (bicyclic) bond motifs is 1. The van der Waals surface area contributed by atoms with E-state index >= 15 is 0 Å². The molecule has 1 aliphatic rings. The number of carbonyl (C=O) groups is 4. The van der Waals surface area contributed by atoms with Gasteiger partial charge in [0.15, 0.2) is 11.6 Å². The van der Waals surface area contributed by atoms with Crippen molar-refractivity contribution < 1.29 is 46.2 Å². The Morgan fingerprint density at radius 2 is 1.60 bits per heavy atom. The van der Waals surface area contributed by atoms with Crippen LogP contribution >= 0.6 is 0 Å². The van der Waals surface area contributed by atoms with Crippen LogP contribution in [-0.4, -0.2) is 65.6 Å². The maximum absolute atomic E-state index is 13.7. The van der Waals surface area contributed by atoms with Gasteiger partial charge in [-0.25, -0.2) is 13.8 Å². The molecular weight excluding hydrogens is 686 g/mol. The van der Waals surface area contributed by atoms with E-state index in [0.29, 0.717) is 53.1 Å². The number of Topliss-reactive ketones (excluding diaryl/α,β-unsaturated/α-hetero) is 1. The van der Waals surface area contributed by atoms with E-state index in [4.69, 9.17) is 10.5 Å². The molecule has 0 saturated heterocycles. The summed E-state index contributed by atoms with van der Waals surface area (Å²) in [6.45, 7) is 4.99. The molecule has 0 spiro atoms. The third kappa shape index (κ3) is 10.8. The molecule has 3 aromatic rings. The number of halogens is 4. The van der Waals surface area contributed by atoms with Crippen LogP contribution in [0.15, 0.2) is 53.3 Å². The molecule has 1 aromatic heterocycles. The fraction of sp³-hybridized carbons (Fsp3) is 0.351. The number of hydrogen-bond acceptors (Lipinski definition) is 9. The predicted octanol–water partition coefficient (Wildman–Crippen LogP) is 6.22. The zero-order chi connectivity index (χ0) is 37.8. The number of nitrogens with zero attached hydrogens (tertiary/aromatic N) is 3. The van der Waals surface area contributed by atoms with Gasteiger partial charge in [0.1, 0.15) is 11.6 Å². The molecule has 2 heterocycles. The van der Waals surface area contributed by atoms with Crippen LogP contribution in [0.5, 0.6) is 5.75 Å². The molecule has 2 aromatic carbocycles. The minimum Gasteiger partial charge on any atom is -0.420 e. The number of aromatic nitrogens is 1. The summed E-state index contributed by atoms with van der Waals surface area (Å²) in [6, 6.07) is 6.63. The maximum atomic E-state index is 13.7. The minimum atomic E-state index is -1.84. The highest BCUT2D eigenvalue weighted by Crippen LogP contribution is 2.29. The number of amides is 2. The Hall–Kier alpha value is -5.44. The standard InChI is InChI=1S/C37H39F4N5O6/c1-3-11-46(12-4-2)37(50)25-16-23-6-7-24(17-30(23)45-31(42)18-25)36(49)44-26-15-22(20-43-21-26)5-8-27(47)9-13-51-14-10-32(48)52-35-33(40)28(38)19-29(39)34(35)41/h6-7,15-17,19-21H,3-5,8-14,18H2,1-2H3,(H2,42,45)(H,44,49). The Morgan fingerprint density at radius 1 is 0.904 bits per heavy atom. The summed E-state index contributed by atoms with van der Waals surface area (Å²) in [5.74, 6) is -10.2. The smallest absolute Gasteiger partial charge is 0.313 e. The van der Waals surface area contributed by atoms with Crippen molar-refractivity contribution >= 4 is 46.9 Å². The third-order valence-electron chi connectivity index (χ3n) is 7.82. The van der Waals surface area contributed by atoms with Gasteiger partial charge < -0.3 is 25.4 Å². The van der Waals surface area contributed by atoms with Gasteiger partial charge in [0.05, 0.1) is 37.2 Å². The summed E-state index contributed by atoms with van der Waals surface area (Å²) in [5, 5.41) is 2.80. The van der Waals surface area contributed by atoms with Crippen molar-refractivity contribution in [1.82, 2.24) is 9.88 Å². The van der Waals surface area contributed by atoms with Crippen molar-refractivity contribution in [3.05, 3.63) is 88.3 Å². The number of nitrogens with one attached hydrogen (secondary N) is 1. The van der Waals surface area contributed by atoms with Crippen molar-refractivity contribution in [3.63, 3.8) is 0 Å². The van der Waals surface area contributed by atoms with Crippen molar-refractivity contribution in [1.29, 1.82) is 0 Å². The van der Waals surface area contributed by atoms with Gasteiger partial charge in [0.2, 0.25) is 23.3 Å². The van der Waals surface area contributed by atoms with Crippen molar-refractivity contribution in [2.75, 3.05) is 31.6 Å². The molecule has 0 bridgehead atoms. The molecule has 11 nitrogen and oxygen atoms in total. The topological polar surface area (TPSA) is 153 Å². The highest BCUT2D eigenvalue weighted by molar-refractivity contribution is 6.08. The second-order valence-electron chi connectivity index (χ2n) is 12.0. The second-order valence-corrected chi connectivity index (χ2v) is 12.0. The number of aryl methyl sites for hydroxylation is 1. The second kappa shape index (κ2) is 18.7. The first-order valence-electron chi connectivity index (χ1n) is 16.7. The van der Waals surface area contributed by atoms with Gasteiger partial charge in [-0.05, 0) is 49.1 Å². The van der Waals surface area contributed by atoms with E-state index < -0.39 is 47.3 Å². The zero-order valence-electron chi connectivity index (χ0n) is 28.8. The lowest BCUT2D eigenvalue weighted by atomic mass is 10.0. The van der Waals surface area contributed by atoms with E-state index in [-0.39, 0.29) is 56.1 Å². The van der Waals surface area contributed by atoms with Gasteiger partial charge in [-0.3, -0.25) is 24.2 Å². The summed E-state index contributed by atoms with van der Waals surface area (Å²) in [4.78, 5) is 61.1. The third-order valence-corrected chi connectivity index (χ3v) is 7.82. The van der Waals surface area contributed by atoms with Crippen molar-refractivity contribution in [2.45, 2.75) is 58.8 Å². The lowest BCUT2D eigenvalue weighted by Gasteiger charge is -2.22. The van der Waals surface area contributed by atoms with E-state index in [2.05, 4.69) is 20.0 Å². The lowest BCUT2D eigenvalue weighted by molar-refractivity contribution is -0.136. The van der Waals surface area contributed by atoms with E-state index in [0.717, 1.165) is 12.8 Å². The normalized spacial score (nSPS) is 12.3. The Kier molecular flexibility index (Phi) is 14.1.